The van der Waals surface area contributed by atoms with Crippen molar-refractivity contribution in [1.82, 2.24) is 19.9 Å². The van der Waals surface area contributed by atoms with Crippen LogP contribution in [0.2, 0.25) is 0 Å². The quantitative estimate of drug-likeness (QED) is 0.153. The van der Waals surface area contributed by atoms with Crippen molar-refractivity contribution < 1.29 is 0 Å². The Morgan fingerprint density at radius 2 is 0.794 bits per heavy atom. The third kappa shape index (κ3) is 6.68. The van der Waals surface area contributed by atoms with Crippen LogP contribution in [0.3, 0.4) is 0 Å². The van der Waals surface area contributed by atoms with Gasteiger partial charge in [-0.3, -0.25) is 4.98 Å². The molecular formula is C58H37N5. The summed E-state index contributed by atoms with van der Waals surface area (Å²) in [6.07, 6.45) is 1.84. The minimum atomic E-state index is -0.650. The first kappa shape index (κ1) is 37.4. The van der Waals surface area contributed by atoms with E-state index in [9.17, 15) is 5.26 Å². The predicted octanol–water partition coefficient (Wildman–Crippen LogP) is 13.5. The molecule has 0 spiro atoms. The van der Waals surface area contributed by atoms with Crippen molar-refractivity contribution in [2.45, 2.75) is 5.41 Å². The molecule has 2 aromatic heterocycles. The highest BCUT2D eigenvalue weighted by Crippen LogP contribution is 2.57. The molecule has 8 aromatic carbocycles. The lowest BCUT2D eigenvalue weighted by Crippen LogP contribution is -2.28. The summed E-state index contributed by atoms with van der Waals surface area (Å²) < 4.78 is 0. The van der Waals surface area contributed by atoms with Crippen LogP contribution in [0.15, 0.2) is 225 Å². The largest absolute Gasteiger partial charge is 0.256 e. The van der Waals surface area contributed by atoms with E-state index in [0.717, 1.165) is 78.0 Å². The minimum absolute atomic E-state index is 0.610. The minimum Gasteiger partial charge on any atom is -0.256 e. The third-order valence-electron chi connectivity index (χ3n) is 12.1. The Hall–Kier alpha value is -8.59. The summed E-state index contributed by atoms with van der Waals surface area (Å²) in [7, 11) is 0. The van der Waals surface area contributed by atoms with Gasteiger partial charge >= 0.3 is 0 Å². The highest BCUT2D eigenvalue weighted by molar-refractivity contribution is 5.90. The maximum Gasteiger partial charge on any atom is 0.164 e. The van der Waals surface area contributed by atoms with Crippen molar-refractivity contribution in [3.8, 4) is 84.9 Å². The Morgan fingerprint density at radius 1 is 0.349 bits per heavy atom. The Balaban J connectivity index is 1.06. The molecule has 0 bridgehead atoms. The van der Waals surface area contributed by atoms with Gasteiger partial charge in [-0.05, 0) is 104 Å². The normalized spacial score (nSPS) is 12.2. The van der Waals surface area contributed by atoms with E-state index in [1.165, 1.54) is 5.56 Å². The standard InChI is InChI=1S/C58H37N5/c59-38-39-24-30-50-51-31-29-44(37-53(51)58(52(50)33-39,48-19-9-3-10-20-48)49-21-11-4-12-22-49)46-34-45(35-47(36-46)54-23-13-14-32-60-54)40-25-27-43(28-26-40)57-62-55(41-15-5-1-6-16-41)61-56(63-57)42-17-7-2-8-18-42/h1-37H. The fourth-order valence-electron chi connectivity index (χ4n) is 9.13. The first-order valence-corrected chi connectivity index (χ1v) is 21.0. The van der Waals surface area contributed by atoms with Crippen LogP contribution in [0.25, 0.3) is 78.8 Å². The molecule has 0 atom stereocenters. The van der Waals surface area contributed by atoms with Gasteiger partial charge in [0.1, 0.15) is 0 Å². The Kier molecular flexibility index (Phi) is 9.37. The fraction of sp³-hybridized carbons (Fsp3) is 0.0172. The van der Waals surface area contributed by atoms with Crippen molar-refractivity contribution in [1.29, 1.82) is 5.26 Å². The Labute approximate surface area is 366 Å². The van der Waals surface area contributed by atoms with E-state index in [-0.39, 0.29) is 0 Å². The summed E-state index contributed by atoms with van der Waals surface area (Å²) in [5.74, 6) is 1.86. The zero-order valence-electron chi connectivity index (χ0n) is 34.1. The SMILES string of the molecule is N#Cc1ccc2c(c1)C(c1ccccc1)(c1ccccc1)c1cc(-c3cc(-c4ccc(-c5nc(-c6ccccc6)nc(-c6ccccc6)n5)cc4)cc(-c4ccccn4)c3)ccc1-2. The van der Waals surface area contributed by atoms with E-state index in [0.29, 0.717) is 23.0 Å². The lowest BCUT2D eigenvalue weighted by atomic mass is 9.67. The second-order valence-corrected chi connectivity index (χ2v) is 15.7. The highest BCUT2D eigenvalue weighted by atomic mass is 15.0. The summed E-state index contributed by atoms with van der Waals surface area (Å²) in [6, 6.07) is 78.1. The van der Waals surface area contributed by atoms with Crippen LogP contribution in [0.5, 0.6) is 0 Å². The number of pyridine rings is 1. The van der Waals surface area contributed by atoms with Gasteiger partial charge in [0.15, 0.2) is 17.5 Å². The first-order valence-electron chi connectivity index (χ1n) is 21.0. The highest BCUT2D eigenvalue weighted by Gasteiger charge is 2.46. The molecule has 2 heterocycles. The van der Waals surface area contributed by atoms with E-state index in [1.807, 2.05) is 85.1 Å². The number of rotatable bonds is 8. The van der Waals surface area contributed by atoms with Crippen molar-refractivity contribution in [3.63, 3.8) is 0 Å². The molecule has 294 valence electrons. The van der Waals surface area contributed by atoms with Gasteiger partial charge < -0.3 is 0 Å². The van der Waals surface area contributed by atoms with Crippen molar-refractivity contribution in [3.05, 3.63) is 252 Å². The summed E-state index contributed by atoms with van der Waals surface area (Å²) >= 11 is 0. The molecule has 1 aliphatic carbocycles. The molecule has 0 radical (unpaired) electrons. The van der Waals surface area contributed by atoms with E-state index in [1.54, 1.807) is 0 Å². The van der Waals surface area contributed by atoms with E-state index in [4.69, 9.17) is 19.9 Å². The van der Waals surface area contributed by atoms with Gasteiger partial charge in [0.05, 0.1) is 22.7 Å². The number of hydrogen-bond acceptors (Lipinski definition) is 5. The van der Waals surface area contributed by atoms with Crippen LogP contribution in [0, 0.1) is 11.3 Å². The van der Waals surface area contributed by atoms with E-state index < -0.39 is 5.41 Å². The van der Waals surface area contributed by atoms with Crippen LogP contribution in [0.1, 0.15) is 27.8 Å². The topological polar surface area (TPSA) is 75.3 Å². The van der Waals surface area contributed by atoms with Crippen molar-refractivity contribution in [2.75, 3.05) is 0 Å². The number of fused-ring (bicyclic) bond motifs is 3. The molecule has 10 aromatic rings. The molecule has 0 amide bonds. The van der Waals surface area contributed by atoms with Gasteiger partial charge in [0.25, 0.3) is 0 Å². The number of nitrogens with zero attached hydrogens (tertiary/aromatic N) is 5. The predicted molar refractivity (Wildman–Crippen MR) is 252 cm³/mol. The molecule has 11 rings (SSSR count). The molecule has 0 N–H and O–H groups in total. The summed E-state index contributed by atoms with van der Waals surface area (Å²) in [5, 5.41) is 10.1. The van der Waals surface area contributed by atoms with Crippen LogP contribution in [0.4, 0.5) is 0 Å². The van der Waals surface area contributed by atoms with Gasteiger partial charge in [0, 0.05) is 28.5 Å². The molecular weight excluding hydrogens is 767 g/mol. The average Bonchev–Trinajstić information content (AvgIpc) is 3.67. The molecule has 0 saturated carbocycles. The number of benzene rings is 8. The number of aromatic nitrogens is 4. The monoisotopic (exact) mass is 803 g/mol. The van der Waals surface area contributed by atoms with Crippen molar-refractivity contribution in [2.24, 2.45) is 0 Å². The smallest absolute Gasteiger partial charge is 0.164 e. The summed E-state index contributed by atoms with van der Waals surface area (Å²) in [4.78, 5) is 19.6. The van der Waals surface area contributed by atoms with Gasteiger partial charge in [-0.25, -0.2) is 15.0 Å². The van der Waals surface area contributed by atoms with Crippen LogP contribution < -0.4 is 0 Å². The Morgan fingerprint density at radius 3 is 1.33 bits per heavy atom. The molecule has 0 unspecified atom stereocenters. The van der Waals surface area contributed by atoms with Crippen LogP contribution in [-0.2, 0) is 5.41 Å². The maximum atomic E-state index is 10.1. The van der Waals surface area contributed by atoms with Crippen molar-refractivity contribution >= 4 is 0 Å². The van der Waals surface area contributed by atoms with Gasteiger partial charge in [0.2, 0.25) is 0 Å². The molecule has 0 saturated heterocycles. The van der Waals surface area contributed by atoms with Crippen LogP contribution in [-0.4, -0.2) is 19.9 Å². The maximum absolute atomic E-state index is 10.1. The zero-order valence-corrected chi connectivity index (χ0v) is 34.1. The van der Waals surface area contributed by atoms with Gasteiger partial charge in [-0.1, -0.05) is 170 Å². The van der Waals surface area contributed by atoms with Crippen LogP contribution >= 0.6 is 0 Å². The van der Waals surface area contributed by atoms with Gasteiger partial charge in [-0.15, -0.1) is 0 Å². The third-order valence-corrected chi connectivity index (χ3v) is 12.1. The zero-order chi connectivity index (χ0) is 42.2. The number of nitriles is 1. The van der Waals surface area contributed by atoms with E-state index >= 15 is 0 Å². The first-order chi connectivity index (χ1) is 31.2. The molecule has 0 fully saturated rings. The summed E-state index contributed by atoms with van der Waals surface area (Å²) in [5.41, 5.74) is 15.8. The average molecular weight is 804 g/mol. The molecule has 1 aliphatic rings. The second kappa shape index (κ2) is 15.8. The molecule has 63 heavy (non-hydrogen) atoms. The second-order valence-electron chi connectivity index (χ2n) is 15.7. The molecule has 5 heteroatoms. The lowest BCUT2D eigenvalue weighted by molar-refractivity contribution is 0.768. The summed E-state index contributed by atoms with van der Waals surface area (Å²) in [6.45, 7) is 0. The lowest BCUT2D eigenvalue weighted by Gasteiger charge is -2.34. The fourth-order valence-corrected chi connectivity index (χ4v) is 9.13. The molecule has 0 aliphatic heterocycles. The Bertz CT molecular complexity index is 3210. The van der Waals surface area contributed by atoms with Gasteiger partial charge in [-0.2, -0.15) is 5.26 Å². The van der Waals surface area contributed by atoms with E-state index in [2.05, 4.69) is 146 Å². The molecule has 5 nitrogen and oxygen atoms in total. The number of hydrogen-bond donors (Lipinski definition) is 0.